The Morgan fingerprint density at radius 3 is 3.00 bits per heavy atom. The van der Waals surface area contributed by atoms with E-state index >= 15 is 0 Å². The smallest absolute Gasteiger partial charge is 0.138 e. The highest BCUT2D eigenvalue weighted by Crippen LogP contribution is 2.39. The van der Waals surface area contributed by atoms with Crippen LogP contribution < -0.4 is 10.1 Å². The van der Waals surface area contributed by atoms with Crippen LogP contribution in [0.1, 0.15) is 11.1 Å². The third kappa shape index (κ3) is 1.31. The minimum absolute atomic E-state index is 0.986. The van der Waals surface area contributed by atoms with E-state index in [1.165, 1.54) is 16.8 Å². The molecule has 13 heavy (non-hydrogen) atoms. The second kappa shape index (κ2) is 3.22. The van der Waals surface area contributed by atoms with Gasteiger partial charge in [0.2, 0.25) is 0 Å². The quantitative estimate of drug-likeness (QED) is 0.817. The van der Waals surface area contributed by atoms with Gasteiger partial charge in [-0.1, -0.05) is 0 Å². The molecule has 0 spiro atoms. The first kappa shape index (κ1) is 8.88. The zero-order valence-corrected chi connectivity index (χ0v) is 9.36. The van der Waals surface area contributed by atoms with Gasteiger partial charge in [-0.2, -0.15) is 0 Å². The number of aryl methyl sites for hydroxylation is 1. The average molecular weight is 242 g/mol. The SMILES string of the molecule is COc1c(Br)c(C)cc2c1CCN2. The molecule has 0 atom stereocenters. The molecule has 1 aromatic carbocycles. The number of anilines is 1. The van der Waals surface area contributed by atoms with E-state index in [2.05, 4.69) is 34.2 Å². The summed E-state index contributed by atoms with van der Waals surface area (Å²) >= 11 is 3.54. The van der Waals surface area contributed by atoms with E-state index in [9.17, 15) is 0 Å². The van der Waals surface area contributed by atoms with Gasteiger partial charge in [0.05, 0.1) is 11.6 Å². The van der Waals surface area contributed by atoms with Gasteiger partial charge >= 0.3 is 0 Å². The maximum absolute atomic E-state index is 5.38. The fraction of sp³-hybridized carbons (Fsp3) is 0.400. The predicted octanol–water partition coefficient (Wildman–Crippen LogP) is 2.73. The van der Waals surface area contributed by atoms with E-state index < -0.39 is 0 Å². The van der Waals surface area contributed by atoms with Crippen molar-refractivity contribution in [3.05, 3.63) is 21.7 Å². The molecule has 0 saturated heterocycles. The summed E-state index contributed by atoms with van der Waals surface area (Å²) in [7, 11) is 1.72. The Morgan fingerprint density at radius 1 is 1.54 bits per heavy atom. The highest BCUT2D eigenvalue weighted by atomic mass is 79.9. The lowest BCUT2D eigenvalue weighted by atomic mass is 10.1. The Bertz CT molecular complexity index is 349. The Labute approximate surface area is 86.4 Å². The lowest BCUT2D eigenvalue weighted by molar-refractivity contribution is 0.408. The monoisotopic (exact) mass is 241 g/mol. The predicted molar refractivity (Wildman–Crippen MR) is 57.6 cm³/mol. The maximum Gasteiger partial charge on any atom is 0.138 e. The molecule has 0 aliphatic carbocycles. The molecule has 2 rings (SSSR count). The van der Waals surface area contributed by atoms with E-state index in [4.69, 9.17) is 4.74 Å². The summed E-state index contributed by atoms with van der Waals surface area (Å²) in [5.74, 6) is 0.986. The normalized spacial score (nSPS) is 13.8. The summed E-state index contributed by atoms with van der Waals surface area (Å²) in [4.78, 5) is 0. The molecule has 0 amide bonds. The first-order valence-corrected chi connectivity index (χ1v) is 5.13. The molecule has 0 radical (unpaired) electrons. The van der Waals surface area contributed by atoms with Crippen molar-refractivity contribution < 1.29 is 4.74 Å². The average Bonchev–Trinajstić information content (AvgIpc) is 2.54. The summed E-state index contributed by atoms with van der Waals surface area (Å²) in [6, 6.07) is 2.16. The molecule has 1 aromatic rings. The fourth-order valence-corrected chi connectivity index (χ4v) is 2.26. The molecular formula is C10H12BrNO. The Balaban J connectivity index is 2.64. The van der Waals surface area contributed by atoms with Crippen LogP contribution in [0.4, 0.5) is 5.69 Å². The van der Waals surface area contributed by atoms with Crippen molar-refractivity contribution in [1.82, 2.24) is 0 Å². The minimum Gasteiger partial charge on any atom is -0.495 e. The number of benzene rings is 1. The number of methoxy groups -OCH3 is 1. The fourth-order valence-electron chi connectivity index (χ4n) is 1.74. The van der Waals surface area contributed by atoms with Crippen molar-refractivity contribution in [1.29, 1.82) is 0 Å². The van der Waals surface area contributed by atoms with Crippen LogP contribution in [0.2, 0.25) is 0 Å². The molecule has 0 fully saturated rings. The van der Waals surface area contributed by atoms with E-state index in [1.807, 2.05) is 0 Å². The number of ether oxygens (including phenoxy) is 1. The van der Waals surface area contributed by atoms with Gasteiger partial charge in [-0.3, -0.25) is 0 Å². The van der Waals surface area contributed by atoms with E-state index in [-0.39, 0.29) is 0 Å². The van der Waals surface area contributed by atoms with Crippen LogP contribution >= 0.6 is 15.9 Å². The van der Waals surface area contributed by atoms with Crippen molar-refractivity contribution in [2.24, 2.45) is 0 Å². The van der Waals surface area contributed by atoms with Crippen molar-refractivity contribution >= 4 is 21.6 Å². The molecule has 1 heterocycles. The highest BCUT2D eigenvalue weighted by Gasteiger charge is 2.18. The first-order valence-electron chi connectivity index (χ1n) is 4.34. The summed E-state index contributed by atoms with van der Waals surface area (Å²) in [6.45, 7) is 3.09. The molecule has 1 aliphatic rings. The molecule has 0 unspecified atom stereocenters. The summed E-state index contributed by atoms with van der Waals surface area (Å²) in [5, 5.41) is 3.34. The van der Waals surface area contributed by atoms with Gasteiger partial charge in [0.15, 0.2) is 0 Å². The molecule has 2 nitrogen and oxygen atoms in total. The van der Waals surface area contributed by atoms with Crippen molar-refractivity contribution in [3.63, 3.8) is 0 Å². The minimum atomic E-state index is 0.986. The standard InChI is InChI=1S/C10H12BrNO/c1-6-5-8-7(3-4-12-8)10(13-2)9(6)11/h5,12H,3-4H2,1-2H3. The van der Waals surface area contributed by atoms with E-state index in [0.717, 1.165) is 23.2 Å². The van der Waals surface area contributed by atoms with Crippen LogP contribution in [0.5, 0.6) is 5.75 Å². The zero-order valence-electron chi connectivity index (χ0n) is 7.78. The highest BCUT2D eigenvalue weighted by molar-refractivity contribution is 9.10. The second-order valence-corrected chi connectivity index (χ2v) is 4.04. The van der Waals surface area contributed by atoms with Gasteiger partial charge in [0.1, 0.15) is 5.75 Å². The molecule has 1 aliphatic heterocycles. The molecule has 3 heteroatoms. The Kier molecular flexibility index (Phi) is 2.20. The van der Waals surface area contributed by atoms with Gasteiger partial charge in [0.25, 0.3) is 0 Å². The Morgan fingerprint density at radius 2 is 2.31 bits per heavy atom. The molecule has 0 saturated carbocycles. The van der Waals surface area contributed by atoms with Crippen molar-refractivity contribution in [2.45, 2.75) is 13.3 Å². The second-order valence-electron chi connectivity index (χ2n) is 3.24. The topological polar surface area (TPSA) is 21.3 Å². The summed E-state index contributed by atoms with van der Waals surface area (Å²) in [5.41, 5.74) is 3.72. The number of nitrogens with one attached hydrogen (secondary N) is 1. The molecule has 1 N–H and O–H groups in total. The van der Waals surface area contributed by atoms with Crippen LogP contribution in [0.25, 0.3) is 0 Å². The largest absolute Gasteiger partial charge is 0.495 e. The molecule has 0 aromatic heterocycles. The zero-order chi connectivity index (χ0) is 9.42. The number of hydrogen-bond acceptors (Lipinski definition) is 2. The van der Waals surface area contributed by atoms with Crippen LogP contribution in [0.3, 0.4) is 0 Å². The lowest BCUT2D eigenvalue weighted by Gasteiger charge is -2.11. The van der Waals surface area contributed by atoms with Gasteiger partial charge in [0, 0.05) is 17.8 Å². The van der Waals surface area contributed by atoms with Gasteiger partial charge < -0.3 is 10.1 Å². The van der Waals surface area contributed by atoms with Crippen LogP contribution in [0, 0.1) is 6.92 Å². The molecule has 70 valence electrons. The summed E-state index contributed by atoms with van der Waals surface area (Å²) in [6.07, 6.45) is 1.05. The molecular weight excluding hydrogens is 230 g/mol. The third-order valence-corrected chi connectivity index (χ3v) is 3.39. The third-order valence-electron chi connectivity index (χ3n) is 2.40. The first-order chi connectivity index (χ1) is 6.24. The molecule has 0 bridgehead atoms. The van der Waals surface area contributed by atoms with E-state index in [0.29, 0.717) is 0 Å². The maximum atomic E-state index is 5.38. The van der Waals surface area contributed by atoms with E-state index in [1.54, 1.807) is 7.11 Å². The van der Waals surface area contributed by atoms with Crippen molar-refractivity contribution in [3.8, 4) is 5.75 Å². The van der Waals surface area contributed by atoms with Crippen LogP contribution in [-0.2, 0) is 6.42 Å². The Hall–Kier alpha value is -0.700. The van der Waals surface area contributed by atoms with Crippen molar-refractivity contribution in [2.75, 3.05) is 19.0 Å². The van der Waals surface area contributed by atoms with Crippen LogP contribution in [0.15, 0.2) is 10.5 Å². The summed E-state index contributed by atoms with van der Waals surface area (Å²) < 4.78 is 6.46. The van der Waals surface area contributed by atoms with Gasteiger partial charge in [-0.05, 0) is 40.9 Å². The number of rotatable bonds is 1. The van der Waals surface area contributed by atoms with Crippen LogP contribution in [-0.4, -0.2) is 13.7 Å². The number of halogens is 1. The number of fused-ring (bicyclic) bond motifs is 1. The van der Waals surface area contributed by atoms with Gasteiger partial charge in [-0.25, -0.2) is 0 Å². The van der Waals surface area contributed by atoms with Gasteiger partial charge in [-0.15, -0.1) is 0 Å². The number of hydrogen-bond donors (Lipinski definition) is 1. The lowest BCUT2D eigenvalue weighted by Crippen LogP contribution is -1.93.